The van der Waals surface area contributed by atoms with Gasteiger partial charge in [-0.2, -0.15) is 0 Å². The summed E-state index contributed by atoms with van der Waals surface area (Å²) in [4.78, 5) is 4.20. The monoisotopic (exact) mass is 308 g/mol. The van der Waals surface area contributed by atoms with Crippen LogP contribution in [0.25, 0.3) is 0 Å². The van der Waals surface area contributed by atoms with Gasteiger partial charge in [-0.3, -0.25) is 0 Å². The van der Waals surface area contributed by atoms with Crippen LogP contribution in [0.5, 0.6) is 0 Å². The van der Waals surface area contributed by atoms with E-state index in [1.807, 2.05) is 30.3 Å². The van der Waals surface area contributed by atoms with Crippen molar-refractivity contribution >= 4 is 34.7 Å². The van der Waals surface area contributed by atoms with Gasteiger partial charge in [0.15, 0.2) is 0 Å². The highest BCUT2D eigenvalue weighted by Gasteiger charge is 2.14. The fourth-order valence-corrected chi connectivity index (χ4v) is 2.07. The largest absolute Gasteiger partial charge is 0.386 e. The summed E-state index contributed by atoms with van der Waals surface area (Å²) < 4.78 is 0. The quantitative estimate of drug-likeness (QED) is 0.514. The fourth-order valence-electron chi connectivity index (χ4n) is 1.84. The lowest BCUT2D eigenvalue weighted by molar-refractivity contribution is 0.221. The number of amidine groups is 1. The molecule has 0 spiro atoms. The van der Waals surface area contributed by atoms with E-state index in [9.17, 15) is 5.11 Å². The summed E-state index contributed by atoms with van der Waals surface area (Å²) in [6.07, 6.45) is -0.796. The summed E-state index contributed by atoms with van der Waals surface area (Å²) >= 11 is 11.6. The number of aliphatic hydroxyl groups excluding tert-OH is 1. The van der Waals surface area contributed by atoms with Crippen molar-refractivity contribution in [1.29, 1.82) is 0 Å². The van der Waals surface area contributed by atoms with Gasteiger partial charge < -0.3 is 10.8 Å². The van der Waals surface area contributed by atoms with Crippen LogP contribution in [-0.2, 0) is 0 Å². The van der Waals surface area contributed by atoms with Crippen LogP contribution in [0, 0.1) is 0 Å². The summed E-state index contributed by atoms with van der Waals surface area (Å²) in [5.74, 6) is 0.392. The first-order chi connectivity index (χ1) is 9.61. The Bertz CT molecular complexity index is 615. The predicted octanol–water partition coefficient (Wildman–Crippen LogP) is 3.65. The number of rotatable bonds is 4. The Balaban J connectivity index is 2.46. The maximum absolute atomic E-state index is 10.5. The molecule has 0 aliphatic heterocycles. The Labute approximate surface area is 127 Å². The Morgan fingerprint density at radius 2 is 1.90 bits per heavy atom. The highest BCUT2D eigenvalue weighted by Crippen LogP contribution is 2.32. The molecule has 0 fully saturated rings. The van der Waals surface area contributed by atoms with E-state index in [4.69, 9.17) is 28.9 Å². The number of halogens is 2. The molecule has 20 heavy (non-hydrogen) atoms. The highest BCUT2D eigenvalue weighted by atomic mass is 35.5. The van der Waals surface area contributed by atoms with Crippen molar-refractivity contribution < 1.29 is 5.11 Å². The van der Waals surface area contributed by atoms with Crippen LogP contribution in [0.4, 0.5) is 5.69 Å². The van der Waals surface area contributed by atoms with E-state index in [2.05, 4.69) is 4.99 Å². The molecule has 0 saturated carbocycles. The van der Waals surface area contributed by atoms with Gasteiger partial charge in [0.1, 0.15) is 11.9 Å². The Kier molecular flexibility index (Phi) is 5.01. The molecule has 0 saturated heterocycles. The molecule has 1 unspecified atom stereocenters. The fraction of sp³-hybridized carbons (Fsp3) is 0.133. The minimum Gasteiger partial charge on any atom is -0.386 e. The molecule has 104 valence electrons. The lowest BCUT2D eigenvalue weighted by Crippen LogP contribution is -2.12. The van der Waals surface area contributed by atoms with Gasteiger partial charge in [-0.15, -0.1) is 11.6 Å². The molecule has 0 radical (unpaired) electrons. The summed E-state index contributed by atoms with van der Waals surface area (Å²) in [5, 5.41) is 11.0. The smallest absolute Gasteiger partial charge is 0.115 e. The van der Waals surface area contributed by atoms with E-state index in [1.54, 1.807) is 18.2 Å². The van der Waals surface area contributed by atoms with Crippen molar-refractivity contribution in [3.05, 3.63) is 64.7 Å². The SMILES string of the molecule is NC(CCl)=Nc1cc(Cl)ccc1C(O)c1ccccc1. The standard InChI is InChI=1S/C15H14Cl2N2O/c16-9-14(18)19-13-8-11(17)6-7-12(13)15(20)10-4-2-1-3-5-10/h1-8,15,20H,9H2,(H2,18,19). The van der Waals surface area contributed by atoms with Gasteiger partial charge >= 0.3 is 0 Å². The van der Waals surface area contributed by atoms with Crippen LogP contribution in [0.1, 0.15) is 17.2 Å². The average molecular weight is 309 g/mol. The van der Waals surface area contributed by atoms with Crippen LogP contribution < -0.4 is 5.73 Å². The number of hydrogen-bond acceptors (Lipinski definition) is 2. The molecule has 0 amide bonds. The highest BCUT2D eigenvalue weighted by molar-refractivity contribution is 6.31. The first-order valence-corrected chi connectivity index (χ1v) is 6.94. The first kappa shape index (κ1) is 14.9. The minimum atomic E-state index is -0.796. The van der Waals surface area contributed by atoms with Crippen LogP contribution >= 0.6 is 23.2 Å². The van der Waals surface area contributed by atoms with Crippen molar-refractivity contribution in [2.24, 2.45) is 10.7 Å². The number of nitrogens with two attached hydrogens (primary N) is 1. The van der Waals surface area contributed by atoms with Gasteiger partial charge in [0, 0.05) is 10.6 Å². The van der Waals surface area contributed by atoms with E-state index in [0.29, 0.717) is 16.3 Å². The third-order valence-electron chi connectivity index (χ3n) is 2.80. The maximum atomic E-state index is 10.5. The number of aliphatic hydroxyl groups is 1. The number of alkyl halides is 1. The Hall–Kier alpha value is -1.55. The molecule has 3 N–H and O–H groups in total. The molecule has 0 aliphatic rings. The first-order valence-electron chi connectivity index (χ1n) is 6.03. The van der Waals surface area contributed by atoms with Crippen LogP contribution in [0.2, 0.25) is 5.02 Å². The second kappa shape index (κ2) is 6.75. The zero-order valence-electron chi connectivity index (χ0n) is 10.6. The zero-order valence-corrected chi connectivity index (χ0v) is 12.1. The molecular formula is C15H14Cl2N2O. The molecule has 0 aromatic heterocycles. The normalized spacial score (nSPS) is 13.2. The second-order valence-corrected chi connectivity index (χ2v) is 4.96. The van der Waals surface area contributed by atoms with Gasteiger partial charge in [-0.25, -0.2) is 4.99 Å². The van der Waals surface area contributed by atoms with Gasteiger partial charge in [0.05, 0.1) is 11.6 Å². The lowest BCUT2D eigenvalue weighted by Gasteiger charge is -2.14. The van der Waals surface area contributed by atoms with E-state index >= 15 is 0 Å². The topological polar surface area (TPSA) is 58.6 Å². The predicted molar refractivity (Wildman–Crippen MR) is 84.0 cm³/mol. The van der Waals surface area contributed by atoms with Crippen molar-refractivity contribution in [3.63, 3.8) is 0 Å². The molecule has 0 heterocycles. The molecule has 0 bridgehead atoms. The van der Waals surface area contributed by atoms with E-state index in [1.165, 1.54) is 0 Å². The molecular weight excluding hydrogens is 295 g/mol. The molecule has 0 aliphatic carbocycles. The molecule has 2 aromatic carbocycles. The maximum Gasteiger partial charge on any atom is 0.115 e. The average Bonchev–Trinajstić information content (AvgIpc) is 2.47. The van der Waals surface area contributed by atoms with Crippen molar-refractivity contribution in [1.82, 2.24) is 0 Å². The molecule has 3 nitrogen and oxygen atoms in total. The Morgan fingerprint density at radius 1 is 1.20 bits per heavy atom. The van der Waals surface area contributed by atoms with Gasteiger partial charge in [-0.05, 0) is 17.7 Å². The molecule has 2 aromatic rings. The Morgan fingerprint density at radius 3 is 2.55 bits per heavy atom. The zero-order chi connectivity index (χ0) is 14.5. The van der Waals surface area contributed by atoms with Crippen LogP contribution in [0.3, 0.4) is 0 Å². The molecule has 2 rings (SSSR count). The summed E-state index contributed by atoms with van der Waals surface area (Å²) in [6, 6.07) is 14.4. The van der Waals surface area contributed by atoms with E-state index < -0.39 is 6.10 Å². The molecule has 1 atom stereocenters. The van der Waals surface area contributed by atoms with E-state index in [0.717, 1.165) is 5.56 Å². The summed E-state index contributed by atoms with van der Waals surface area (Å²) in [6.45, 7) is 0. The lowest BCUT2D eigenvalue weighted by atomic mass is 10.00. The number of benzene rings is 2. The number of hydrogen-bond donors (Lipinski definition) is 2. The second-order valence-electron chi connectivity index (χ2n) is 4.25. The minimum absolute atomic E-state index is 0.118. The van der Waals surface area contributed by atoms with Crippen LogP contribution in [-0.4, -0.2) is 16.8 Å². The molecule has 5 heteroatoms. The van der Waals surface area contributed by atoms with Crippen molar-refractivity contribution in [2.45, 2.75) is 6.10 Å². The summed E-state index contributed by atoms with van der Waals surface area (Å²) in [5.41, 5.74) is 7.58. The van der Waals surface area contributed by atoms with Gasteiger partial charge in [0.25, 0.3) is 0 Å². The van der Waals surface area contributed by atoms with Crippen molar-refractivity contribution in [2.75, 3.05) is 5.88 Å². The number of aliphatic imine (C=N–C) groups is 1. The third-order valence-corrected chi connectivity index (χ3v) is 3.31. The van der Waals surface area contributed by atoms with Gasteiger partial charge in [0.2, 0.25) is 0 Å². The van der Waals surface area contributed by atoms with Gasteiger partial charge in [-0.1, -0.05) is 48.0 Å². The van der Waals surface area contributed by atoms with E-state index in [-0.39, 0.29) is 11.7 Å². The van der Waals surface area contributed by atoms with Crippen molar-refractivity contribution in [3.8, 4) is 0 Å². The summed E-state index contributed by atoms with van der Waals surface area (Å²) in [7, 11) is 0. The van der Waals surface area contributed by atoms with Crippen LogP contribution in [0.15, 0.2) is 53.5 Å². The number of nitrogens with zero attached hydrogens (tertiary/aromatic N) is 1. The third kappa shape index (κ3) is 3.51.